The average Bonchev–Trinajstić information content (AvgIpc) is 3.04. The van der Waals surface area contributed by atoms with E-state index < -0.39 is 0 Å². The maximum Gasteiger partial charge on any atom is 0.229 e. The summed E-state index contributed by atoms with van der Waals surface area (Å²) in [6, 6.07) is 10.2. The number of anilines is 3. The van der Waals surface area contributed by atoms with E-state index in [1.165, 1.54) is 5.69 Å². The van der Waals surface area contributed by atoms with Gasteiger partial charge in [-0.15, -0.1) is 0 Å². The van der Waals surface area contributed by atoms with Gasteiger partial charge >= 0.3 is 0 Å². The number of hydrogen-bond donors (Lipinski definition) is 3. The van der Waals surface area contributed by atoms with E-state index in [1.54, 1.807) is 6.20 Å². The van der Waals surface area contributed by atoms with Crippen LogP contribution < -0.4 is 10.2 Å². The van der Waals surface area contributed by atoms with Crippen LogP contribution in [0.5, 0.6) is 0 Å². The quantitative estimate of drug-likeness (QED) is 0.693. The minimum atomic E-state index is -0.146. The van der Waals surface area contributed by atoms with Crippen molar-refractivity contribution in [2.75, 3.05) is 23.3 Å². The van der Waals surface area contributed by atoms with Gasteiger partial charge in [-0.05, 0) is 43.2 Å². The molecule has 1 aliphatic heterocycles. The normalized spacial score (nSPS) is 16.0. The van der Waals surface area contributed by atoms with Gasteiger partial charge in [0.1, 0.15) is 5.65 Å². The Labute approximate surface area is 134 Å². The van der Waals surface area contributed by atoms with Gasteiger partial charge in [-0.3, -0.25) is 0 Å². The van der Waals surface area contributed by atoms with Crippen molar-refractivity contribution in [3.63, 3.8) is 0 Å². The number of hydrogen-bond acceptors (Lipinski definition) is 5. The van der Waals surface area contributed by atoms with Crippen molar-refractivity contribution in [1.29, 1.82) is 0 Å². The van der Waals surface area contributed by atoms with Gasteiger partial charge in [-0.2, -0.15) is 4.98 Å². The van der Waals surface area contributed by atoms with Crippen LogP contribution in [0.3, 0.4) is 0 Å². The van der Waals surface area contributed by atoms with Crippen LogP contribution in [0.25, 0.3) is 11.0 Å². The zero-order chi connectivity index (χ0) is 15.6. The summed E-state index contributed by atoms with van der Waals surface area (Å²) < 4.78 is 0. The van der Waals surface area contributed by atoms with Crippen molar-refractivity contribution in [2.45, 2.75) is 18.9 Å². The number of nitrogens with zero attached hydrogens (tertiary/aromatic N) is 3. The molecule has 1 saturated heterocycles. The first-order valence-corrected chi connectivity index (χ1v) is 7.88. The summed E-state index contributed by atoms with van der Waals surface area (Å²) in [6.45, 7) is 1.81. The summed E-state index contributed by atoms with van der Waals surface area (Å²) in [5.41, 5.74) is 2.96. The molecule has 23 heavy (non-hydrogen) atoms. The largest absolute Gasteiger partial charge is 0.393 e. The van der Waals surface area contributed by atoms with Gasteiger partial charge in [0.15, 0.2) is 0 Å². The van der Waals surface area contributed by atoms with E-state index in [1.807, 2.05) is 24.4 Å². The van der Waals surface area contributed by atoms with Gasteiger partial charge in [-0.1, -0.05) is 0 Å². The van der Waals surface area contributed by atoms with Gasteiger partial charge in [0.05, 0.1) is 6.10 Å². The van der Waals surface area contributed by atoms with Crippen LogP contribution in [-0.4, -0.2) is 39.3 Å². The number of piperidine rings is 1. The molecule has 0 unspecified atom stereocenters. The Balaban J connectivity index is 1.47. The fourth-order valence-electron chi connectivity index (χ4n) is 2.91. The molecule has 2 aromatic heterocycles. The van der Waals surface area contributed by atoms with Crippen LogP contribution in [0.15, 0.2) is 42.7 Å². The Bertz CT molecular complexity index is 790. The van der Waals surface area contributed by atoms with Crippen LogP contribution in [0.4, 0.5) is 17.3 Å². The fourth-order valence-corrected chi connectivity index (χ4v) is 2.91. The molecular formula is C17H19N5O. The standard InChI is InChI=1S/C17H19N5O/c23-15-6-9-22(10-7-15)14-3-1-13(2-4-14)20-17-19-11-12-5-8-18-16(12)21-17/h1-5,8,11,15,23H,6-7,9-10H2,(H2,18,19,20,21). The van der Waals surface area contributed by atoms with Gasteiger partial charge in [0.2, 0.25) is 5.95 Å². The third-order valence-corrected chi connectivity index (χ3v) is 4.25. The first kappa shape index (κ1) is 14.0. The van der Waals surface area contributed by atoms with Crippen molar-refractivity contribution in [2.24, 2.45) is 0 Å². The maximum atomic E-state index is 9.59. The Kier molecular flexibility index (Phi) is 3.59. The van der Waals surface area contributed by atoms with Crippen LogP contribution >= 0.6 is 0 Å². The third kappa shape index (κ3) is 2.98. The number of aliphatic hydroxyl groups excluding tert-OH is 1. The third-order valence-electron chi connectivity index (χ3n) is 4.25. The molecule has 0 spiro atoms. The number of aromatic nitrogens is 3. The highest BCUT2D eigenvalue weighted by molar-refractivity contribution is 5.75. The van der Waals surface area contributed by atoms with Gasteiger partial charge in [0, 0.05) is 42.2 Å². The average molecular weight is 309 g/mol. The van der Waals surface area contributed by atoms with Crippen molar-refractivity contribution in [1.82, 2.24) is 15.0 Å². The van der Waals surface area contributed by atoms with Crippen molar-refractivity contribution < 1.29 is 5.11 Å². The van der Waals surface area contributed by atoms with Crippen molar-refractivity contribution in [3.8, 4) is 0 Å². The molecule has 1 aromatic carbocycles. The van der Waals surface area contributed by atoms with E-state index in [9.17, 15) is 5.11 Å². The lowest BCUT2D eigenvalue weighted by atomic mass is 10.1. The van der Waals surface area contributed by atoms with Gasteiger partial charge in [0.25, 0.3) is 0 Å². The molecule has 0 atom stereocenters. The van der Waals surface area contributed by atoms with E-state index >= 15 is 0 Å². The zero-order valence-electron chi connectivity index (χ0n) is 12.7. The van der Waals surface area contributed by atoms with E-state index in [4.69, 9.17) is 0 Å². The maximum absolute atomic E-state index is 9.59. The molecule has 118 valence electrons. The number of benzene rings is 1. The number of H-pyrrole nitrogens is 1. The molecule has 3 N–H and O–H groups in total. The highest BCUT2D eigenvalue weighted by Crippen LogP contribution is 2.23. The molecule has 0 aliphatic carbocycles. The lowest BCUT2D eigenvalue weighted by molar-refractivity contribution is 0.145. The predicted octanol–water partition coefficient (Wildman–Crippen LogP) is 2.66. The number of rotatable bonds is 3. The molecule has 0 radical (unpaired) electrons. The minimum absolute atomic E-state index is 0.146. The monoisotopic (exact) mass is 309 g/mol. The Morgan fingerprint density at radius 3 is 2.70 bits per heavy atom. The number of aromatic amines is 1. The molecule has 3 heterocycles. The molecule has 0 amide bonds. The number of fused-ring (bicyclic) bond motifs is 1. The first-order valence-electron chi connectivity index (χ1n) is 7.88. The summed E-state index contributed by atoms with van der Waals surface area (Å²) in [7, 11) is 0. The minimum Gasteiger partial charge on any atom is -0.393 e. The summed E-state index contributed by atoms with van der Waals surface area (Å²) in [4.78, 5) is 14.1. The second-order valence-electron chi connectivity index (χ2n) is 5.87. The summed E-state index contributed by atoms with van der Waals surface area (Å²) in [5, 5.41) is 13.8. The molecule has 4 rings (SSSR count). The Morgan fingerprint density at radius 2 is 1.91 bits per heavy atom. The molecule has 1 fully saturated rings. The van der Waals surface area contributed by atoms with Crippen LogP contribution in [-0.2, 0) is 0 Å². The number of aliphatic hydroxyl groups is 1. The predicted molar refractivity (Wildman–Crippen MR) is 91.1 cm³/mol. The second-order valence-corrected chi connectivity index (χ2v) is 5.87. The molecule has 3 aromatic rings. The lowest BCUT2D eigenvalue weighted by Gasteiger charge is -2.31. The molecule has 0 saturated carbocycles. The zero-order valence-corrected chi connectivity index (χ0v) is 12.7. The van der Waals surface area contributed by atoms with E-state index in [0.29, 0.717) is 5.95 Å². The SMILES string of the molecule is OC1CCN(c2ccc(Nc3ncc4cc[nH]c4n3)cc2)CC1. The molecule has 0 bridgehead atoms. The summed E-state index contributed by atoms with van der Waals surface area (Å²) in [6.07, 6.45) is 5.18. The fraction of sp³-hybridized carbons (Fsp3) is 0.294. The highest BCUT2D eigenvalue weighted by atomic mass is 16.3. The molecule has 6 nitrogen and oxygen atoms in total. The van der Waals surface area contributed by atoms with Gasteiger partial charge < -0.3 is 20.3 Å². The Morgan fingerprint density at radius 1 is 1.13 bits per heavy atom. The topological polar surface area (TPSA) is 77.1 Å². The van der Waals surface area contributed by atoms with E-state index in [0.717, 1.165) is 42.7 Å². The lowest BCUT2D eigenvalue weighted by Crippen LogP contribution is -2.35. The van der Waals surface area contributed by atoms with E-state index in [-0.39, 0.29) is 6.10 Å². The van der Waals surface area contributed by atoms with Crippen LogP contribution in [0, 0.1) is 0 Å². The first-order chi connectivity index (χ1) is 11.3. The second kappa shape index (κ2) is 5.89. The summed E-state index contributed by atoms with van der Waals surface area (Å²) in [5.74, 6) is 0.578. The van der Waals surface area contributed by atoms with E-state index in [2.05, 4.69) is 37.3 Å². The number of nitrogens with one attached hydrogen (secondary N) is 2. The summed E-state index contributed by atoms with van der Waals surface area (Å²) >= 11 is 0. The van der Waals surface area contributed by atoms with Gasteiger partial charge in [-0.25, -0.2) is 4.98 Å². The molecule has 6 heteroatoms. The van der Waals surface area contributed by atoms with Crippen LogP contribution in [0.2, 0.25) is 0 Å². The van der Waals surface area contributed by atoms with Crippen molar-refractivity contribution in [3.05, 3.63) is 42.7 Å². The van der Waals surface area contributed by atoms with Crippen LogP contribution in [0.1, 0.15) is 12.8 Å². The Hall–Kier alpha value is -2.60. The smallest absolute Gasteiger partial charge is 0.229 e. The molecule has 1 aliphatic rings. The van der Waals surface area contributed by atoms with Crippen molar-refractivity contribution >= 4 is 28.4 Å². The molecular weight excluding hydrogens is 290 g/mol. The highest BCUT2D eigenvalue weighted by Gasteiger charge is 2.17.